The van der Waals surface area contributed by atoms with Gasteiger partial charge in [-0.2, -0.15) is 0 Å². The molecule has 1 aromatic carbocycles. The second kappa shape index (κ2) is 5.63. The molecule has 5 nitrogen and oxygen atoms in total. The number of carbonyl (C=O) groups is 2. The van der Waals surface area contributed by atoms with Crippen molar-refractivity contribution in [3.05, 3.63) is 29.8 Å². The van der Waals surface area contributed by atoms with Gasteiger partial charge in [-0.3, -0.25) is 14.5 Å². The van der Waals surface area contributed by atoms with Crippen molar-refractivity contribution in [3.63, 3.8) is 0 Å². The lowest BCUT2D eigenvalue weighted by atomic mass is 10.1. The summed E-state index contributed by atoms with van der Waals surface area (Å²) in [5.74, 6) is 0.653. The van der Waals surface area contributed by atoms with Crippen molar-refractivity contribution in [2.75, 3.05) is 13.2 Å². The Balaban J connectivity index is 1.86. The molecular formula is C17H22N2O3. The Kier molecular flexibility index (Phi) is 3.81. The second-order valence-electron chi connectivity index (χ2n) is 6.39. The fraction of sp³-hybridized carbons (Fsp3) is 0.529. The minimum absolute atomic E-state index is 0.0797. The smallest absolute Gasteiger partial charge is 0.262 e. The topological polar surface area (TPSA) is 49.9 Å². The molecule has 118 valence electrons. The molecule has 2 heterocycles. The van der Waals surface area contributed by atoms with Crippen LogP contribution in [0.15, 0.2) is 24.3 Å². The zero-order valence-corrected chi connectivity index (χ0v) is 13.2. The summed E-state index contributed by atoms with van der Waals surface area (Å²) in [4.78, 5) is 28.4. The van der Waals surface area contributed by atoms with Crippen LogP contribution in [0.2, 0.25) is 0 Å². The van der Waals surface area contributed by atoms with E-state index in [1.54, 1.807) is 15.9 Å². The molecule has 1 aromatic rings. The highest BCUT2D eigenvalue weighted by atomic mass is 16.5. The Morgan fingerprint density at radius 2 is 1.91 bits per heavy atom. The molecule has 22 heavy (non-hydrogen) atoms. The first-order chi connectivity index (χ1) is 10.5. The zero-order valence-electron chi connectivity index (χ0n) is 13.2. The van der Waals surface area contributed by atoms with Gasteiger partial charge in [0, 0.05) is 13.0 Å². The number of rotatable bonds is 2. The van der Waals surface area contributed by atoms with Gasteiger partial charge in [0.1, 0.15) is 5.75 Å². The number of amides is 2. The predicted octanol–water partition coefficient (Wildman–Crippen LogP) is 2.62. The van der Waals surface area contributed by atoms with Crippen LogP contribution in [0.5, 0.6) is 5.75 Å². The lowest BCUT2D eigenvalue weighted by Gasteiger charge is -2.44. The van der Waals surface area contributed by atoms with E-state index in [9.17, 15) is 9.59 Å². The molecule has 2 aliphatic heterocycles. The number of hydrogen-bond acceptors (Lipinski definition) is 3. The number of ether oxygens (including phenoxy) is 1. The molecule has 5 heteroatoms. The van der Waals surface area contributed by atoms with Crippen LogP contribution in [-0.4, -0.2) is 40.6 Å². The highest BCUT2D eigenvalue weighted by Gasteiger charge is 2.41. The number of carbonyl (C=O) groups excluding carboxylic acids is 2. The van der Waals surface area contributed by atoms with Gasteiger partial charge >= 0.3 is 0 Å². The Labute approximate surface area is 130 Å². The lowest BCUT2D eigenvalue weighted by Crippen LogP contribution is -2.58. The third kappa shape index (κ3) is 2.67. The molecule has 0 atom stereocenters. The maximum Gasteiger partial charge on any atom is 0.262 e. The molecule has 0 bridgehead atoms. The standard InChI is InChI=1S/C17H22N2O3/c1-17(2)19(12-18-11-7-3-4-10-15(18)20)16(21)13-8-5-6-9-14(13)22-17/h5-6,8-9H,3-4,7,10-12H2,1-2H3. The highest BCUT2D eigenvalue weighted by Crippen LogP contribution is 2.33. The van der Waals surface area contributed by atoms with E-state index in [4.69, 9.17) is 4.74 Å². The van der Waals surface area contributed by atoms with Crippen molar-refractivity contribution >= 4 is 11.8 Å². The van der Waals surface area contributed by atoms with E-state index >= 15 is 0 Å². The van der Waals surface area contributed by atoms with Crippen LogP contribution < -0.4 is 4.74 Å². The van der Waals surface area contributed by atoms with Gasteiger partial charge in [-0.05, 0) is 38.8 Å². The Hall–Kier alpha value is -2.04. The molecule has 3 rings (SSSR count). The average Bonchev–Trinajstić information content (AvgIpc) is 2.68. The van der Waals surface area contributed by atoms with Crippen molar-refractivity contribution < 1.29 is 14.3 Å². The van der Waals surface area contributed by atoms with Crippen LogP contribution in [0.3, 0.4) is 0 Å². The Morgan fingerprint density at radius 1 is 1.14 bits per heavy atom. The second-order valence-corrected chi connectivity index (χ2v) is 6.39. The van der Waals surface area contributed by atoms with Crippen molar-refractivity contribution in [1.82, 2.24) is 9.80 Å². The molecule has 0 aliphatic carbocycles. The number of fused-ring (bicyclic) bond motifs is 1. The molecule has 2 amide bonds. The molecule has 0 N–H and O–H groups in total. The summed E-state index contributed by atoms with van der Waals surface area (Å²) in [5, 5.41) is 0. The van der Waals surface area contributed by atoms with E-state index < -0.39 is 5.72 Å². The largest absolute Gasteiger partial charge is 0.468 e. The summed E-state index contributed by atoms with van der Waals surface area (Å²) in [7, 11) is 0. The number of hydrogen-bond donors (Lipinski definition) is 0. The summed E-state index contributed by atoms with van der Waals surface area (Å²) in [5.41, 5.74) is -0.207. The molecule has 0 saturated carbocycles. The zero-order chi connectivity index (χ0) is 15.7. The van der Waals surface area contributed by atoms with Crippen molar-refractivity contribution in [1.29, 1.82) is 0 Å². The summed E-state index contributed by atoms with van der Waals surface area (Å²) in [6.07, 6.45) is 3.57. The molecule has 2 aliphatic rings. The van der Waals surface area contributed by atoms with Gasteiger partial charge in [0.05, 0.1) is 12.2 Å². The van der Waals surface area contributed by atoms with Gasteiger partial charge in [-0.15, -0.1) is 0 Å². The van der Waals surface area contributed by atoms with Gasteiger partial charge in [-0.1, -0.05) is 18.6 Å². The maximum absolute atomic E-state index is 12.8. The monoisotopic (exact) mass is 302 g/mol. The number of para-hydroxylation sites is 1. The summed E-state index contributed by atoms with van der Waals surface area (Å²) >= 11 is 0. The predicted molar refractivity (Wildman–Crippen MR) is 82.4 cm³/mol. The summed E-state index contributed by atoms with van der Waals surface area (Å²) in [6, 6.07) is 7.26. The van der Waals surface area contributed by atoms with Crippen molar-refractivity contribution in [2.24, 2.45) is 0 Å². The molecule has 0 spiro atoms. The normalized spacial score (nSPS) is 21.2. The first-order valence-electron chi connectivity index (χ1n) is 7.87. The molecule has 0 aromatic heterocycles. The molecule has 0 radical (unpaired) electrons. The Bertz CT molecular complexity index is 597. The van der Waals surface area contributed by atoms with Crippen LogP contribution in [0.1, 0.15) is 49.9 Å². The number of likely N-dealkylation sites (tertiary alicyclic amines) is 1. The fourth-order valence-electron chi connectivity index (χ4n) is 3.04. The maximum atomic E-state index is 12.8. The van der Waals surface area contributed by atoms with E-state index in [0.29, 0.717) is 30.9 Å². The minimum Gasteiger partial charge on any atom is -0.468 e. The first-order valence-corrected chi connectivity index (χ1v) is 7.87. The third-order valence-corrected chi connectivity index (χ3v) is 4.36. The van der Waals surface area contributed by atoms with E-state index in [1.807, 2.05) is 32.0 Å². The van der Waals surface area contributed by atoms with Gasteiger partial charge in [-0.25, -0.2) is 0 Å². The van der Waals surface area contributed by atoms with E-state index in [0.717, 1.165) is 19.3 Å². The molecule has 1 fully saturated rings. The average molecular weight is 302 g/mol. The SMILES string of the molecule is CC1(C)Oc2ccccc2C(=O)N1CN1CCCCCC1=O. The fourth-order valence-corrected chi connectivity index (χ4v) is 3.04. The van der Waals surface area contributed by atoms with Gasteiger partial charge in [0.15, 0.2) is 5.72 Å². The van der Waals surface area contributed by atoms with Gasteiger partial charge in [0.25, 0.3) is 5.91 Å². The van der Waals surface area contributed by atoms with Crippen LogP contribution in [0, 0.1) is 0 Å². The minimum atomic E-state index is -0.766. The van der Waals surface area contributed by atoms with E-state index in [2.05, 4.69) is 0 Å². The summed E-state index contributed by atoms with van der Waals surface area (Å²) < 4.78 is 5.98. The van der Waals surface area contributed by atoms with Crippen molar-refractivity contribution in [3.8, 4) is 5.75 Å². The molecule has 0 unspecified atom stereocenters. The van der Waals surface area contributed by atoms with Gasteiger partial charge < -0.3 is 9.64 Å². The van der Waals surface area contributed by atoms with E-state index in [-0.39, 0.29) is 11.8 Å². The van der Waals surface area contributed by atoms with Crippen LogP contribution in [0.25, 0.3) is 0 Å². The van der Waals surface area contributed by atoms with Crippen LogP contribution in [0.4, 0.5) is 0 Å². The number of benzene rings is 1. The first kappa shape index (κ1) is 14.9. The van der Waals surface area contributed by atoms with Gasteiger partial charge in [0.2, 0.25) is 5.91 Å². The van der Waals surface area contributed by atoms with Crippen LogP contribution in [-0.2, 0) is 4.79 Å². The lowest BCUT2D eigenvalue weighted by molar-refractivity contribution is -0.136. The highest BCUT2D eigenvalue weighted by molar-refractivity contribution is 5.98. The molecule has 1 saturated heterocycles. The number of nitrogens with zero attached hydrogens (tertiary/aromatic N) is 2. The van der Waals surface area contributed by atoms with Crippen LogP contribution >= 0.6 is 0 Å². The quantitative estimate of drug-likeness (QED) is 0.844. The van der Waals surface area contributed by atoms with E-state index in [1.165, 1.54) is 0 Å². The summed E-state index contributed by atoms with van der Waals surface area (Å²) in [6.45, 7) is 4.73. The molecular weight excluding hydrogens is 280 g/mol. The Morgan fingerprint density at radius 3 is 2.73 bits per heavy atom. The third-order valence-electron chi connectivity index (χ3n) is 4.36. The van der Waals surface area contributed by atoms with Crippen molar-refractivity contribution in [2.45, 2.75) is 45.3 Å².